The maximum Gasteiger partial charge on any atom is 2.00 e. The molecule has 0 heterocycles. The van der Waals surface area contributed by atoms with Crippen molar-refractivity contribution in [2.24, 2.45) is 0 Å². The van der Waals surface area contributed by atoms with Gasteiger partial charge in [0.1, 0.15) is 0 Å². The average Bonchev–Trinajstić information content (AvgIpc) is 3.00. The van der Waals surface area contributed by atoms with E-state index in [1.54, 1.807) is 24.3 Å². The number of hydrogen-bond acceptors (Lipinski definition) is 4. The summed E-state index contributed by atoms with van der Waals surface area (Å²) in [4.78, 5) is 21.8. The van der Waals surface area contributed by atoms with Gasteiger partial charge in [-0.25, -0.2) is 9.59 Å². The van der Waals surface area contributed by atoms with Crippen molar-refractivity contribution in [3.05, 3.63) is 58.7 Å². The molecule has 2 aromatic rings. The summed E-state index contributed by atoms with van der Waals surface area (Å²) >= 11 is 0. The molecule has 0 aliphatic rings. The number of benzene rings is 2. The summed E-state index contributed by atoms with van der Waals surface area (Å²) in [5, 5.41) is 41.7. The van der Waals surface area contributed by atoms with Crippen LogP contribution in [0.15, 0.2) is 36.4 Å². The maximum absolute atomic E-state index is 11.9. The number of rotatable bonds is 24. The van der Waals surface area contributed by atoms with Crippen molar-refractivity contribution in [3.8, 4) is 11.5 Å². The zero-order valence-electron chi connectivity index (χ0n) is 28.3. The standard InChI is InChI=1S/2C19H30O3.Ca/c2*1-2-3-4-5-6-7-8-9-10-11-13-16-14-12-15-17(18(16)20)19(21)22;/h2*12,14-15,20H,2-11,13H2,1H3,(H,21,22);/q;;+2/p-2. The molecule has 0 aliphatic carbocycles. The number of carboxylic acid groups (broad SMARTS) is 2. The number of hydrogen-bond donors (Lipinski definition) is 2. The largest absolute Gasteiger partial charge is 2.00 e. The molecule has 0 saturated heterocycles. The summed E-state index contributed by atoms with van der Waals surface area (Å²) in [5.74, 6) is -2.89. The Morgan fingerprint density at radius 3 is 1.02 bits per heavy atom. The van der Waals surface area contributed by atoms with Gasteiger partial charge in [0, 0.05) is 0 Å². The number of aromatic carboxylic acids is 2. The molecule has 7 heteroatoms. The topological polar surface area (TPSA) is 121 Å². The third-order valence-electron chi connectivity index (χ3n) is 8.25. The fourth-order valence-electron chi connectivity index (χ4n) is 5.51. The summed E-state index contributed by atoms with van der Waals surface area (Å²) in [5.41, 5.74) is 1.06. The van der Waals surface area contributed by atoms with Crippen LogP contribution in [0.25, 0.3) is 0 Å². The average molecular weight is 651 g/mol. The van der Waals surface area contributed by atoms with Gasteiger partial charge in [-0.1, -0.05) is 176 Å². The second-order valence-electron chi connectivity index (χ2n) is 12.1. The number of para-hydroxylation sites is 2. The van der Waals surface area contributed by atoms with E-state index >= 15 is 0 Å². The van der Waals surface area contributed by atoms with Crippen molar-refractivity contribution in [1.82, 2.24) is 0 Å². The molecule has 0 saturated carbocycles. The monoisotopic (exact) mass is 650 g/mol. The number of unbranched alkanes of at least 4 members (excludes halogenated alkanes) is 18. The molecule has 248 valence electrons. The fourth-order valence-corrected chi connectivity index (χ4v) is 5.51. The summed E-state index contributed by atoms with van der Waals surface area (Å²) < 4.78 is 0. The van der Waals surface area contributed by atoms with Gasteiger partial charge in [-0.05, 0) is 37.8 Å². The molecule has 0 fully saturated rings. The first-order valence-electron chi connectivity index (χ1n) is 17.4. The van der Waals surface area contributed by atoms with Crippen molar-refractivity contribution in [3.63, 3.8) is 0 Å². The van der Waals surface area contributed by atoms with Crippen LogP contribution < -0.4 is 10.2 Å². The summed E-state index contributed by atoms with van der Waals surface area (Å²) in [6, 6.07) is 9.59. The quantitative estimate of drug-likeness (QED) is 0.0862. The van der Waals surface area contributed by atoms with E-state index in [2.05, 4.69) is 13.8 Å². The van der Waals surface area contributed by atoms with Crippen molar-refractivity contribution >= 4 is 49.7 Å². The van der Waals surface area contributed by atoms with Crippen LogP contribution in [0.4, 0.5) is 0 Å². The van der Waals surface area contributed by atoms with Gasteiger partial charge < -0.3 is 20.4 Å². The summed E-state index contributed by atoms with van der Waals surface area (Å²) in [6.45, 7) is 4.47. The smallest absolute Gasteiger partial charge is 0.872 e. The molecule has 0 bridgehead atoms. The molecule has 0 radical (unpaired) electrons. The van der Waals surface area contributed by atoms with Crippen LogP contribution in [0.2, 0.25) is 0 Å². The molecule has 0 aliphatic heterocycles. The van der Waals surface area contributed by atoms with Crippen molar-refractivity contribution in [2.75, 3.05) is 0 Å². The van der Waals surface area contributed by atoms with Gasteiger partial charge >= 0.3 is 49.7 Å². The molecule has 0 aromatic heterocycles. The summed E-state index contributed by atoms with van der Waals surface area (Å²) in [7, 11) is 0. The van der Waals surface area contributed by atoms with Gasteiger partial charge in [0.2, 0.25) is 0 Å². The molecule has 0 atom stereocenters. The van der Waals surface area contributed by atoms with E-state index in [0.717, 1.165) is 25.7 Å². The van der Waals surface area contributed by atoms with Crippen molar-refractivity contribution < 1.29 is 30.0 Å². The van der Waals surface area contributed by atoms with Crippen LogP contribution in [0, 0.1) is 0 Å². The second kappa shape index (κ2) is 28.5. The number of aryl methyl sites for hydroxylation is 2. The minimum atomic E-state index is -1.13. The Hall–Kier alpha value is -1.76. The molecule has 0 unspecified atom stereocenters. The van der Waals surface area contributed by atoms with Gasteiger partial charge in [-0.3, -0.25) is 0 Å². The fraction of sp³-hybridized carbons (Fsp3) is 0.632. The summed E-state index contributed by atoms with van der Waals surface area (Å²) in [6.07, 6.45) is 26.5. The van der Waals surface area contributed by atoms with Crippen LogP contribution in [0.5, 0.6) is 11.5 Å². The van der Waals surface area contributed by atoms with Crippen LogP contribution >= 0.6 is 0 Å². The van der Waals surface area contributed by atoms with Crippen LogP contribution in [-0.2, 0) is 12.8 Å². The normalized spacial score (nSPS) is 10.5. The predicted octanol–water partition coefficient (Wildman–Crippen LogP) is 9.46. The van der Waals surface area contributed by atoms with E-state index in [4.69, 9.17) is 10.2 Å². The van der Waals surface area contributed by atoms with Gasteiger partial charge in [0.25, 0.3) is 0 Å². The second-order valence-corrected chi connectivity index (χ2v) is 12.1. The zero-order valence-corrected chi connectivity index (χ0v) is 30.5. The van der Waals surface area contributed by atoms with Crippen LogP contribution in [-0.4, -0.2) is 59.9 Å². The third kappa shape index (κ3) is 20.2. The molecule has 2 N–H and O–H groups in total. The number of carboxylic acids is 2. The minimum absolute atomic E-state index is 0. The molecule has 6 nitrogen and oxygen atoms in total. The van der Waals surface area contributed by atoms with Gasteiger partial charge in [-0.15, -0.1) is 0 Å². The molecular weight excluding hydrogens is 592 g/mol. The number of carbonyl (C=O) groups is 2. The van der Waals surface area contributed by atoms with E-state index < -0.39 is 11.9 Å². The van der Waals surface area contributed by atoms with E-state index in [1.807, 2.05) is 0 Å². The van der Waals surface area contributed by atoms with Crippen molar-refractivity contribution in [1.29, 1.82) is 0 Å². The van der Waals surface area contributed by atoms with Crippen LogP contribution in [0.3, 0.4) is 0 Å². The molecule has 0 amide bonds. The Labute approximate surface area is 303 Å². The SMILES string of the molecule is CCCCCCCCCCCCc1cccc(C(=O)O)c1[O-].CCCCCCCCCCCCc1cccc(C(=O)O)c1[O-].[Ca+2]. The molecule has 2 aromatic carbocycles. The Morgan fingerprint density at radius 1 is 0.489 bits per heavy atom. The Bertz CT molecular complexity index is 971. The Kier molecular flexibility index (Phi) is 27.3. The van der Waals surface area contributed by atoms with Crippen molar-refractivity contribution in [2.45, 2.75) is 155 Å². The van der Waals surface area contributed by atoms with Gasteiger partial charge in [-0.2, -0.15) is 0 Å². The van der Waals surface area contributed by atoms with E-state index in [-0.39, 0.29) is 60.4 Å². The molecular formula is C38H58CaO6. The first-order chi connectivity index (χ1) is 21.3. The zero-order chi connectivity index (χ0) is 32.4. The van der Waals surface area contributed by atoms with Gasteiger partial charge in [0.05, 0.1) is 11.1 Å². The maximum atomic E-state index is 11.9. The van der Waals surface area contributed by atoms with Gasteiger partial charge in [0.15, 0.2) is 0 Å². The minimum Gasteiger partial charge on any atom is -0.872 e. The predicted molar refractivity (Wildman–Crippen MR) is 183 cm³/mol. The van der Waals surface area contributed by atoms with E-state index in [9.17, 15) is 19.8 Å². The van der Waals surface area contributed by atoms with E-state index in [1.165, 1.54) is 115 Å². The molecule has 45 heavy (non-hydrogen) atoms. The third-order valence-corrected chi connectivity index (χ3v) is 8.25. The first kappa shape index (κ1) is 43.2. The van der Waals surface area contributed by atoms with E-state index in [0.29, 0.717) is 24.0 Å². The first-order valence-corrected chi connectivity index (χ1v) is 17.4. The Balaban J connectivity index is 0.000000842. The Morgan fingerprint density at radius 2 is 0.756 bits per heavy atom. The molecule has 2 rings (SSSR count). The van der Waals surface area contributed by atoms with Crippen LogP contribution in [0.1, 0.15) is 174 Å². The molecule has 0 spiro atoms.